The summed E-state index contributed by atoms with van der Waals surface area (Å²) in [6.07, 6.45) is 4.88. The maximum Gasteiger partial charge on any atom is 0.229 e. The average Bonchev–Trinajstić information content (AvgIpc) is 3.27. The Bertz CT molecular complexity index is 1330. The summed E-state index contributed by atoms with van der Waals surface area (Å²) in [6.45, 7) is 7.70. The van der Waals surface area contributed by atoms with Gasteiger partial charge in [-0.05, 0) is 85.5 Å². The van der Waals surface area contributed by atoms with Crippen molar-refractivity contribution < 1.29 is 13.2 Å². The zero-order valence-corrected chi connectivity index (χ0v) is 21.6. The topological polar surface area (TPSA) is 92.7 Å². The fourth-order valence-corrected chi connectivity index (χ4v) is 4.05. The van der Waals surface area contributed by atoms with Gasteiger partial charge in [0.1, 0.15) is 5.82 Å². The molecule has 0 saturated heterocycles. The molecule has 35 heavy (non-hydrogen) atoms. The summed E-state index contributed by atoms with van der Waals surface area (Å²) in [5, 5.41) is 3.21. The smallest absolute Gasteiger partial charge is 0.229 e. The van der Waals surface area contributed by atoms with E-state index in [-0.39, 0.29) is 0 Å². The summed E-state index contributed by atoms with van der Waals surface area (Å²) in [5.74, 6) is 0.708. The van der Waals surface area contributed by atoms with Crippen LogP contribution in [0.15, 0.2) is 71.9 Å². The van der Waals surface area contributed by atoms with Gasteiger partial charge >= 0.3 is 0 Å². The number of aromatic nitrogens is 1. The lowest BCUT2D eigenvalue weighted by atomic mass is 10.1. The number of fused-ring (bicyclic) bond motifs is 1. The van der Waals surface area contributed by atoms with Crippen LogP contribution >= 0.6 is 0 Å². The predicted octanol–water partition coefficient (Wildman–Crippen LogP) is 5.72. The van der Waals surface area contributed by atoms with Crippen LogP contribution in [-0.2, 0) is 28.0 Å². The maximum atomic E-state index is 11.2. The molecule has 8 heteroatoms. The van der Waals surface area contributed by atoms with Crippen molar-refractivity contribution in [3.63, 3.8) is 0 Å². The number of benzene rings is 2. The van der Waals surface area contributed by atoms with Crippen LogP contribution in [0.1, 0.15) is 36.1 Å². The number of ether oxygens (including phenoxy) is 1. The molecule has 1 aromatic heterocycles. The van der Waals surface area contributed by atoms with Crippen molar-refractivity contribution >= 4 is 38.5 Å². The van der Waals surface area contributed by atoms with E-state index in [1.165, 1.54) is 16.7 Å². The molecule has 0 aliphatic carbocycles. The lowest BCUT2D eigenvalue weighted by Crippen LogP contribution is -2.09. The molecule has 2 aromatic carbocycles. The van der Waals surface area contributed by atoms with Crippen molar-refractivity contribution in [2.75, 3.05) is 23.3 Å². The van der Waals surface area contributed by atoms with Gasteiger partial charge in [0.15, 0.2) is 0 Å². The summed E-state index contributed by atoms with van der Waals surface area (Å²) in [7, 11) is -1.51. The van der Waals surface area contributed by atoms with Gasteiger partial charge in [-0.1, -0.05) is 23.8 Å². The van der Waals surface area contributed by atoms with Gasteiger partial charge in [-0.25, -0.2) is 13.4 Å². The van der Waals surface area contributed by atoms with Crippen molar-refractivity contribution in [3.8, 4) is 0 Å². The summed E-state index contributed by atoms with van der Waals surface area (Å²) < 4.78 is 30.2. The highest BCUT2D eigenvalue weighted by Crippen LogP contribution is 2.22. The van der Waals surface area contributed by atoms with Crippen LogP contribution in [0.4, 0.5) is 17.2 Å². The van der Waals surface area contributed by atoms with Gasteiger partial charge in [-0.2, -0.15) is 0 Å². The molecule has 2 heterocycles. The fraction of sp³-hybridized carbons (Fsp3) is 0.259. The molecule has 0 spiro atoms. The monoisotopic (exact) mass is 492 g/mol. The first-order chi connectivity index (χ1) is 16.6. The normalized spacial score (nSPS) is 13.5. The first-order valence-corrected chi connectivity index (χ1v) is 13.1. The Kier molecular flexibility index (Phi) is 8.78. The minimum atomic E-state index is -3.27. The summed E-state index contributed by atoms with van der Waals surface area (Å²) in [5.41, 5.74) is 8.48. The molecule has 0 unspecified atom stereocenters. The molecule has 0 amide bonds. The molecule has 4 rings (SSSR count). The second kappa shape index (κ2) is 11.8. The van der Waals surface area contributed by atoms with Gasteiger partial charge < -0.3 is 10.1 Å². The van der Waals surface area contributed by atoms with Crippen molar-refractivity contribution in [1.82, 2.24) is 4.98 Å². The molecule has 0 saturated carbocycles. The minimum absolute atomic E-state index is 0.517. The number of aryl methyl sites for hydroxylation is 1. The van der Waals surface area contributed by atoms with Crippen LogP contribution in [-0.4, -0.2) is 32.4 Å². The van der Waals surface area contributed by atoms with Crippen LogP contribution in [0, 0.1) is 6.92 Å². The third kappa shape index (κ3) is 8.35. The van der Waals surface area contributed by atoms with Gasteiger partial charge in [-0.3, -0.25) is 9.71 Å². The first kappa shape index (κ1) is 26.1. The van der Waals surface area contributed by atoms with E-state index in [9.17, 15) is 8.42 Å². The van der Waals surface area contributed by atoms with Crippen LogP contribution < -0.4 is 10.0 Å². The van der Waals surface area contributed by atoms with Crippen molar-refractivity contribution in [2.45, 2.75) is 34.0 Å². The molecule has 0 fully saturated rings. The number of rotatable bonds is 6. The fourth-order valence-electron chi connectivity index (χ4n) is 3.49. The number of pyridine rings is 1. The maximum absolute atomic E-state index is 11.2. The number of sulfonamides is 1. The average molecular weight is 493 g/mol. The number of anilines is 3. The van der Waals surface area contributed by atoms with E-state index in [1.807, 2.05) is 32.1 Å². The zero-order valence-electron chi connectivity index (χ0n) is 20.8. The Labute approximate surface area is 208 Å². The second-order valence-electron chi connectivity index (χ2n) is 8.46. The SMILES string of the molecule is CN=C(C)/C=C(\C)c1ccnc(Nc2ccc(NS(C)(=O)=O)cc2)c1.Cc1ccc2c(c1)COC2. The molecule has 0 bridgehead atoms. The molecular weight excluding hydrogens is 460 g/mol. The van der Waals surface area contributed by atoms with Crippen molar-refractivity contribution in [3.05, 3.63) is 89.1 Å². The lowest BCUT2D eigenvalue weighted by Gasteiger charge is -2.09. The van der Waals surface area contributed by atoms with E-state index in [1.54, 1.807) is 37.5 Å². The Morgan fingerprint density at radius 1 is 1.00 bits per heavy atom. The molecule has 3 aromatic rings. The Morgan fingerprint density at radius 3 is 2.37 bits per heavy atom. The molecule has 0 atom stereocenters. The number of aliphatic imine (C=N–C) groups is 1. The third-order valence-electron chi connectivity index (χ3n) is 5.33. The minimum Gasteiger partial charge on any atom is -0.372 e. The molecular formula is C27H32N4O3S. The predicted molar refractivity (Wildman–Crippen MR) is 145 cm³/mol. The molecule has 184 valence electrons. The lowest BCUT2D eigenvalue weighted by molar-refractivity contribution is 0.134. The van der Waals surface area contributed by atoms with Crippen LogP contribution in [0.5, 0.6) is 0 Å². The third-order valence-corrected chi connectivity index (χ3v) is 5.94. The van der Waals surface area contributed by atoms with Gasteiger partial charge in [0.05, 0.1) is 19.5 Å². The van der Waals surface area contributed by atoms with E-state index in [0.29, 0.717) is 11.5 Å². The van der Waals surface area contributed by atoms with Crippen LogP contribution in [0.3, 0.4) is 0 Å². The van der Waals surface area contributed by atoms with E-state index in [2.05, 4.69) is 45.1 Å². The highest BCUT2D eigenvalue weighted by Gasteiger charge is 2.09. The highest BCUT2D eigenvalue weighted by molar-refractivity contribution is 7.92. The summed E-state index contributed by atoms with van der Waals surface area (Å²) >= 11 is 0. The Hall–Kier alpha value is -3.49. The second-order valence-corrected chi connectivity index (χ2v) is 10.2. The molecule has 1 aliphatic heterocycles. The molecule has 1 aliphatic rings. The van der Waals surface area contributed by atoms with E-state index >= 15 is 0 Å². The number of nitrogens with one attached hydrogen (secondary N) is 2. The van der Waals surface area contributed by atoms with Crippen molar-refractivity contribution in [1.29, 1.82) is 0 Å². The number of nitrogens with zero attached hydrogens (tertiary/aromatic N) is 2. The molecule has 2 N–H and O–H groups in total. The van der Waals surface area contributed by atoms with E-state index in [4.69, 9.17) is 4.74 Å². The van der Waals surface area contributed by atoms with Gasteiger partial charge in [-0.15, -0.1) is 0 Å². The number of hydrogen-bond acceptors (Lipinski definition) is 6. The Morgan fingerprint density at radius 2 is 1.69 bits per heavy atom. The molecule has 7 nitrogen and oxygen atoms in total. The van der Waals surface area contributed by atoms with Crippen LogP contribution in [0.2, 0.25) is 0 Å². The molecule has 0 radical (unpaired) electrons. The summed E-state index contributed by atoms with van der Waals surface area (Å²) in [4.78, 5) is 8.46. The van der Waals surface area contributed by atoms with Gasteiger partial charge in [0.2, 0.25) is 10.0 Å². The van der Waals surface area contributed by atoms with Crippen molar-refractivity contribution in [2.24, 2.45) is 4.99 Å². The highest BCUT2D eigenvalue weighted by atomic mass is 32.2. The largest absolute Gasteiger partial charge is 0.372 e. The zero-order chi connectivity index (χ0) is 25.4. The van der Waals surface area contributed by atoms with Crippen LogP contribution in [0.25, 0.3) is 5.57 Å². The van der Waals surface area contributed by atoms with E-state index in [0.717, 1.165) is 42.0 Å². The first-order valence-electron chi connectivity index (χ1n) is 11.2. The summed E-state index contributed by atoms with van der Waals surface area (Å²) in [6, 6.07) is 17.3. The van der Waals surface area contributed by atoms with Gasteiger partial charge in [0, 0.05) is 30.3 Å². The Balaban J connectivity index is 0.000000281. The quantitative estimate of drug-likeness (QED) is 0.430. The number of allylic oxidation sites excluding steroid dienone is 2. The standard InChI is InChI=1S/C18H22N4O2S.C9H10O/c1-13(11-14(2)19-3)15-9-10-20-18(12-15)21-16-5-7-17(8-6-16)22-25(4,23)24;1-7-2-3-8-5-10-6-9(8)4-7/h5-12,22H,1-4H3,(H,20,21);2-4H,5-6H2,1H3/b13-11+,19-14?;. The van der Waals surface area contributed by atoms with E-state index < -0.39 is 10.0 Å². The number of hydrogen-bond donors (Lipinski definition) is 2. The van der Waals surface area contributed by atoms with Gasteiger partial charge in [0.25, 0.3) is 0 Å².